The van der Waals surface area contributed by atoms with Crippen LogP contribution in [0.15, 0.2) is 21.7 Å². The monoisotopic (exact) mass is 344 g/mol. The largest absolute Gasteiger partial charge is 0.347 e. The highest BCUT2D eigenvalue weighted by atomic mass is 35.5. The van der Waals surface area contributed by atoms with E-state index in [4.69, 9.17) is 40.1 Å². The van der Waals surface area contributed by atoms with Crippen LogP contribution in [0.3, 0.4) is 0 Å². The Labute approximate surface area is 133 Å². The van der Waals surface area contributed by atoms with Crippen LogP contribution in [-0.2, 0) is 0 Å². The van der Waals surface area contributed by atoms with E-state index < -0.39 is 11.2 Å². The van der Waals surface area contributed by atoms with Crippen LogP contribution in [0, 0.1) is 18.3 Å². The van der Waals surface area contributed by atoms with Gasteiger partial charge in [-0.2, -0.15) is 5.26 Å². The molecular formula is C12H7Cl3N4O2. The van der Waals surface area contributed by atoms with Gasteiger partial charge in [0.15, 0.2) is 0 Å². The Morgan fingerprint density at radius 3 is 2.33 bits per heavy atom. The molecule has 2 aromatic rings. The molecule has 0 saturated heterocycles. The van der Waals surface area contributed by atoms with Crippen LogP contribution in [0.5, 0.6) is 0 Å². The Balaban J connectivity index is 2.64. The number of H-pyrrole nitrogens is 1. The quantitative estimate of drug-likeness (QED) is 0.875. The zero-order valence-electron chi connectivity index (χ0n) is 10.5. The normalized spacial score (nSPS) is 10.2. The lowest BCUT2D eigenvalue weighted by molar-refractivity contribution is 0.790. The highest BCUT2D eigenvalue weighted by Gasteiger charge is 2.14. The lowest BCUT2D eigenvalue weighted by Crippen LogP contribution is -2.37. The maximum atomic E-state index is 11.8. The van der Waals surface area contributed by atoms with E-state index in [9.17, 15) is 9.59 Å². The molecule has 2 rings (SSSR count). The number of nitriles is 1. The number of halogens is 3. The molecule has 0 atom stereocenters. The Kier molecular flexibility index (Phi) is 4.28. The predicted molar refractivity (Wildman–Crippen MR) is 81.3 cm³/mol. The zero-order chi connectivity index (χ0) is 15.7. The molecule has 108 valence electrons. The van der Waals surface area contributed by atoms with Crippen molar-refractivity contribution < 1.29 is 0 Å². The Morgan fingerprint density at radius 2 is 1.81 bits per heavy atom. The van der Waals surface area contributed by atoms with E-state index >= 15 is 0 Å². The van der Waals surface area contributed by atoms with Gasteiger partial charge in [-0.1, -0.05) is 34.8 Å². The first-order valence-electron chi connectivity index (χ1n) is 5.52. The first-order chi connectivity index (χ1) is 9.85. The molecule has 6 nitrogen and oxygen atoms in total. The van der Waals surface area contributed by atoms with Crippen LogP contribution in [0.25, 0.3) is 0 Å². The van der Waals surface area contributed by atoms with Crippen molar-refractivity contribution in [1.29, 1.82) is 5.26 Å². The lowest BCUT2D eigenvalue weighted by Gasteiger charge is -2.15. The van der Waals surface area contributed by atoms with Crippen molar-refractivity contribution in [2.45, 2.75) is 6.92 Å². The van der Waals surface area contributed by atoms with E-state index in [1.54, 1.807) is 6.07 Å². The van der Waals surface area contributed by atoms with Gasteiger partial charge in [0.1, 0.15) is 11.6 Å². The fourth-order valence-electron chi connectivity index (χ4n) is 1.67. The molecule has 0 fully saturated rings. The van der Waals surface area contributed by atoms with Crippen LogP contribution < -0.4 is 16.7 Å². The molecule has 0 aliphatic heterocycles. The van der Waals surface area contributed by atoms with Crippen LogP contribution in [0.4, 0.5) is 5.69 Å². The van der Waals surface area contributed by atoms with E-state index in [0.29, 0.717) is 5.02 Å². The van der Waals surface area contributed by atoms with Gasteiger partial charge in [0.2, 0.25) is 0 Å². The first-order valence-corrected chi connectivity index (χ1v) is 6.66. The van der Waals surface area contributed by atoms with Gasteiger partial charge in [-0.25, -0.2) is 9.47 Å². The van der Waals surface area contributed by atoms with Gasteiger partial charge in [-0.05, 0) is 19.1 Å². The van der Waals surface area contributed by atoms with Gasteiger partial charge < -0.3 is 0 Å². The van der Waals surface area contributed by atoms with Crippen LogP contribution >= 0.6 is 34.8 Å². The summed E-state index contributed by atoms with van der Waals surface area (Å²) in [6, 6.07) is 4.60. The molecule has 0 amide bonds. The number of rotatable bonds is 2. The van der Waals surface area contributed by atoms with Crippen molar-refractivity contribution in [2.75, 3.05) is 5.43 Å². The molecule has 0 radical (unpaired) electrons. The molecule has 0 unspecified atom stereocenters. The maximum absolute atomic E-state index is 11.8. The number of hydrogen-bond acceptors (Lipinski definition) is 4. The summed E-state index contributed by atoms with van der Waals surface area (Å²) in [5, 5.41) is 9.64. The topological polar surface area (TPSA) is 90.7 Å². The number of nitrogens with one attached hydrogen (secondary N) is 2. The Morgan fingerprint density at radius 1 is 1.24 bits per heavy atom. The third kappa shape index (κ3) is 2.90. The second kappa shape index (κ2) is 5.82. The summed E-state index contributed by atoms with van der Waals surface area (Å²) in [5.74, 6) is 0. The molecule has 1 heterocycles. The van der Waals surface area contributed by atoms with Crippen LogP contribution in [0.1, 0.15) is 11.3 Å². The van der Waals surface area contributed by atoms with Crippen LogP contribution in [-0.4, -0.2) is 9.66 Å². The summed E-state index contributed by atoms with van der Waals surface area (Å²) < 4.78 is 0.973. The number of benzene rings is 1. The van der Waals surface area contributed by atoms with Gasteiger partial charge in [0.25, 0.3) is 5.56 Å². The molecule has 9 heteroatoms. The number of hydrogen-bond donors (Lipinski definition) is 2. The molecule has 0 bridgehead atoms. The first kappa shape index (κ1) is 15.4. The fourth-order valence-corrected chi connectivity index (χ4v) is 2.57. The molecule has 21 heavy (non-hydrogen) atoms. The van der Waals surface area contributed by atoms with Gasteiger partial charge in [-0.15, -0.1) is 0 Å². The molecule has 2 N–H and O–H groups in total. The van der Waals surface area contributed by atoms with Gasteiger partial charge >= 0.3 is 5.69 Å². The fraction of sp³-hybridized carbons (Fsp3) is 0.0833. The maximum Gasteiger partial charge on any atom is 0.347 e. The van der Waals surface area contributed by atoms with Crippen molar-refractivity contribution in [2.24, 2.45) is 0 Å². The zero-order valence-corrected chi connectivity index (χ0v) is 12.8. The number of aromatic amines is 1. The molecule has 0 aliphatic rings. The standard InChI is InChI=1S/C12H7Cl3N4O2/c1-5-7(4-16)11(20)17-12(21)19(5)18-10-8(14)2-6(13)3-9(10)15/h2-3,18H,1H3,(H,17,20,21). The molecular weight excluding hydrogens is 339 g/mol. The summed E-state index contributed by atoms with van der Waals surface area (Å²) in [4.78, 5) is 25.4. The number of nitrogens with zero attached hydrogens (tertiary/aromatic N) is 2. The van der Waals surface area contributed by atoms with Gasteiger partial charge in [0.05, 0.1) is 21.4 Å². The smallest absolute Gasteiger partial charge is 0.287 e. The summed E-state index contributed by atoms with van der Waals surface area (Å²) in [7, 11) is 0. The SMILES string of the molecule is Cc1c(C#N)c(=O)[nH]c(=O)n1Nc1c(Cl)cc(Cl)cc1Cl. The molecule has 1 aromatic heterocycles. The molecule has 0 saturated carbocycles. The average Bonchev–Trinajstić information content (AvgIpc) is 2.36. The highest BCUT2D eigenvalue weighted by molar-refractivity contribution is 6.41. The van der Waals surface area contributed by atoms with E-state index in [1.165, 1.54) is 19.1 Å². The van der Waals surface area contributed by atoms with E-state index in [2.05, 4.69) is 5.43 Å². The van der Waals surface area contributed by atoms with E-state index in [0.717, 1.165) is 4.68 Å². The van der Waals surface area contributed by atoms with E-state index in [-0.39, 0.29) is 27.0 Å². The minimum atomic E-state index is -0.758. The lowest BCUT2D eigenvalue weighted by atomic mass is 10.2. The third-order valence-corrected chi connectivity index (χ3v) is 3.50. The minimum absolute atomic E-state index is 0.133. The van der Waals surface area contributed by atoms with Gasteiger partial charge in [0, 0.05) is 5.02 Å². The van der Waals surface area contributed by atoms with Crippen molar-refractivity contribution >= 4 is 40.5 Å². The predicted octanol–water partition coefficient (Wildman–Crippen LogP) is 2.55. The summed E-state index contributed by atoms with van der Waals surface area (Å²) in [6.45, 7) is 1.44. The Bertz CT molecular complexity index is 857. The van der Waals surface area contributed by atoms with Crippen molar-refractivity contribution in [3.05, 3.63) is 59.3 Å². The molecule has 0 spiro atoms. The van der Waals surface area contributed by atoms with Crippen molar-refractivity contribution in [3.63, 3.8) is 0 Å². The molecule has 0 aliphatic carbocycles. The second-order valence-electron chi connectivity index (χ2n) is 4.02. The van der Waals surface area contributed by atoms with E-state index in [1.807, 2.05) is 4.98 Å². The number of aromatic nitrogens is 2. The van der Waals surface area contributed by atoms with Crippen molar-refractivity contribution in [3.8, 4) is 6.07 Å². The average molecular weight is 346 g/mol. The highest BCUT2D eigenvalue weighted by Crippen LogP contribution is 2.33. The van der Waals surface area contributed by atoms with Crippen LogP contribution in [0.2, 0.25) is 15.1 Å². The summed E-state index contributed by atoms with van der Waals surface area (Å²) in [5.41, 5.74) is 1.32. The summed E-state index contributed by atoms with van der Waals surface area (Å²) >= 11 is 17.8. The second-order valence-corrected chi connectivity index (χ2v) is 5.27. The van der Waals surface area contributed by atoms with Gasteiger partial charge in [-0.3, -0.25) is 15.2 Å². The summed E-state index contributed by atoms with van der Waals surface area (Å²) in [6.07, 6.45) is 0. The minimum Gasteiger partial charge on any atom is -0.287 e. The Hall–Kier alpha value is -1.94. The third-order valence-electron chi connectivity index (χ3n) is 2.69. The molecule has 1 aromatic carbocycles. The number of anilines is 1. The van der Waals surface area contributed by atoms with Crippen molar-refractivity contribution in [1.82, 2.24) is 9.66 Å².